The monoisotopic (exact) mass is 538 g/mol. The van der Waals surface area contributed by atoms with Gasteiger partial charge in [-0.05, 0) is 26.3 Å². The fourth-order valence-corrected chi connectivity index (χ4v) is 3.85. The zero-order valence-electron chi connectivity index (χ0n) is 20.7. The number of aliphatic hydroxyl groups excluding tert-OH is 4. The zero-order valence-corrected chi connectivity index (χ0v) is 20.7. The van der Waals surface area contributed by atoms with Gasteiger partial charge in [-0.1, -0.05) is 0 Å². The molecule has 4 unspecified atom stereocenters. The quantitative estimate of drug-likeness (QED) is 0.107. The van der Waals surface area contributed by atoms with Crippen molar-refractivity contribution in [1.29, 1.82) is 0 Å². The van der Waals surface area contributed by atoms with Crippen LogP contribution in [0.1, 0.15) is 26.7 Å². The molecule has 10 atom stereocenters. The first kappa shape index (κ1) is 31.1. The van der Waals surface area contributed by atoms with Crippen LogP contribution in [0.2, 0.25) is 0 Å². The van der Waals surface area contributed by atoms with Crippen molar-refractivity contribution in [2.24, 2.45) is 5.73 Å². The van der Waals surface area contributed by atoms with E-state index in [0.29, 0.717) is 19.5 Å². The van der Waals surface area contributed by atoms with Crippen molar-refractivity contribution in [1.82, 2.24) is 16.0 Å². The van der Waals surface area contributed by atoms with Gasteiger partial charge in [0.1, 0.15) is 36.6 Å². The van der Waals surface area contributed by atoms with Crippen LogP contribution in [0.25, 0.3) is 0 Å². The molecule has 0 aromatic heterocycles. The van der Waals surface area contributed by atoms with Gasteiger partial charge in [-0.15, -0.1) is 0 Å². The number of rotatable bonds is 12. The molecule has 0 aliphatic carbocycles. The SMILES string of the molecule is CC(=O)N[C@H]1C(O)[C@H](O)C(C)O[C@H]1O[C@H]1C(O)[C@H](O)C(C(=O)O)O[C@H]1OCCCNC(=O)NCCCN. The van der Waals surface area contributed by atoms with Gasteiger partial charge < -0.3 is 66.2 Å². The Morgan fingerprint density at radius 1 is 0.919 bits per heavy atom. The van der Waals surface area contributed by atoms with Crippen LogP contribution in [0, 0.1) is 0 Å². The number of amides is 3. The molecule has 37 heavy (non-hydrogen) atoms. The second kappa shape index (κ2) is 14.7. The van der Waals surface area contributed by atoms with Gasteiger partial charge in [0, 0.05) is 20.0 Å². The minimum atomic E-state index is -1.91. The van der Waals surface area contributed by atoms with E-state index >= 15 is 0 Å². The van der Waals surface area contributed by atoms with Crippen LogP contribution in [-0.4, -0.2) is 131 Å². The third-order valence-electron chi connectivity index (χ3n) is 5.85. The first-order chi connectivity index (χ1) is 17.5. The van der Waals surface area contributed by atoms with Gasteiger partial charge in [-0.3, -0.25) is 4.79 Å². The minimum absolute atomic E-state index is 0.0683. The van der Waals surface area contributed by atoms with Gasteiger partial charge in [0.2, 0.25) is 5.91 Å². The highest BCUT2D eigenvalue weighted by molar-refractivity contribution is 5.74. The molecular formula is C21H38N4O12. The second-order valence-corrected chi connectivity index (χ2v) is 8.81. The summed E-state index contributed by atoms with van der Waals surface area (Å²) >= 11 is 0. The van der Waals surface area contributed by atoms with Crippen molar-refractivity contribution in [3.8, 4) is 0 Å². The molecule has 0 saturated carbocycles. The van der Waals surface area contributed by atoms with E-state index in [1.807, 2.05) is 0 Å². The third kappa shape index (κ3) is 8.69. The Labute approximate surface area is 213 Å². The molecule has 2 heterocycles. The van der Waals surface area contributed by atoms with Crippen LogP contribution in [-0.2, 0) is 28.5 Å². The molecule has 0 aromatic carbocycles. The number of aliphatic carboxylic acids is 1. The summed E-state index contributed by atoms with van der Waals surface area (Å²) in [7, 11) is 0. The van der Waals surface area contributed by atoms with E-state index in [0.717, 1.165) is 0 Å². The molecule has 2 fully saturated rings. The molecule has 0 spiro atoms. The van der Waals surface area contributed by atoms with E-state index in [1.165, 1.54) is 13.8 Å². The smallest absolute Gasteiger partial charge is 0.335 e. The highest BCUT2D eigenvalue weighted by Crippen LogP contribution is 2.30. The maximum atomic E-state index is 11.7. The summed E-state index contributed by atoms with van der Waals surface area (Å²) in [6.45, 7) is 3.60. The number of carboxylic acids is 1. The normalized spacial score (nSPS) is 36.0. The van der Waals surface area contributed by atoms with Crippen LogP contribution >= 0.6 is 0 Å². The maximum absolute atomic E-state index is 11.7. The molecule has 16 heteroatoms. The van der Waals surface area contributed by atoms with Crippen LogP contribution in [0.5, 0.6) is 0 Å². The van der Waals surface area contributed by atoms with E-state index in [9.17, 15) is 39.9 Å². The average Bonchev–Trinajstić information content (AvgIpc) is 2.83. The van der Waals surface area contributed by atoms with Gasteiger partial charge in [-0.2, -0.15) is 0 Å². The number of nitrogens with one attached hydrogen (secondary N) is 3. The molecule has 16 nitrogen and oxygen atoms in total. The number of carbonyl (C=O) groups excluding carboxylic acids is 2. The summed E-state index contributed by atoms with van der Waals surface area (Å²) < 4.78 is 22.3. The second-order valence-electron chi connectivity index (χ2n) is 8.81. The van der Waals surface area contributed by atoms with Crippen LogP contribution in [0.4, 0.5) is 4.79 Å². The fourth-order valence-electron chi connectivity index (χ4n) is 3.85. The predicted octanol–water partition coefficient (Wildman–Crippen LogP) is -4.07. The molecule has 2 saturated heterocycles. The number of hydrogen-bond donors (Lipinski definition) is 9. The average molecular weight is 539 g/mol. The zero-order chi connectivity index (χ0) is 27.7. The van der Waals surface area contributed by atoms with Gasteiger partial charge in [0.15, 0.2) is 18.7 Å². The van der Waals surface area contributed by atoms with E-state index in [2.05, 4.69) is 16.0 Å². The highest BCUT2D eigenvalue weighted by Gasteiger charge is 2.52. The van der Waals surface area contributed by atoms with Gasteiger partial charge in [0.05, 0.1) is 12.7 Å². The molecule has 10 N–H and O–H groups in total. The third-order valence-corrected chi connectivity index (χ3v) is 5.85. The number of hydrogen-bond acceptors (Lipinski definition) is 12. The van der Waals surface area contributed by atoms with Crippen molar-refractivity contribution >= 4 is 17.9 Å². The maximum Gasteiger partial charge on any atom is 0.335 e. The first-order valence-electron chi connectivity index (χ1n) is 12.0. The Morgan fingerprint density at radius 3 is 2.16 bits per heavy atom. The Morgan fingerprint density at radius 2 is 1.57 bits per heavy atom. The predicted molar refractivity (Wildman–Crippen MR) is 123 cm³/mol. The number of ether oxygens (including phenoxy) is 4. The summed E-state index contributed by atoms with van der Waals surface area (Å²) in [6, 6.07) is -1.67. The molecule has 0 aromatic rings. The largest absolute Gasteiger partial charge is 0.479 e. The fraction of sp³-hybridized carbons (Fsp3) is 0.857. The molecule has 2 aliphatic rings. The first-order valence-corrected chi connectivity index (χ1v) is 12.0. The lowest BCUT2D eigenvalue weighted by molar-refractivity contribution is -0.348. The molecule has 2 rings (SSSR count). The van der Waals surface area contributed by atoms with Gasteiger partial charge in [0.25, 0.3) is 0 Å². The van der Waals surface area contributed by atoms with Crippen LogP contribution in [0.3, 0.4) is 0 Å². The van der Waals surface area contributed by atoms with Crippen molar-refractivity contribution in [2.45, 2.75) is 88.0 Å². The summed E-state index contributed by atoms with van der Waals surface area (Å²) in [5, 5.41) is 58.5. The Hall–Kier alpha value is -2.15. The molecule has 2 aliphatic heterocycles. The summed E-state index contributed by atoms with van der Waals surface area (Å²) in [5.74, 6) is -2.12. The Kier molecular flexibility index (Phi) is 12.3. The number of nitrogens with two attached hydrogens (primary N) is 1. The highest BCUT2D eigenvalue weighted by atomic mass is 16.7. The number of carbonyl (C=O) groups is 3. The van der Waals surface area contributed by atoms with Crippen LogP contribution in [0.15, 0.2) is 0 Å². The minimum Gasteiger partial charge on any atom is -0.479 e. The number of carboxylic acid groups (broad SMARTS) is 1. The van der Waals surface area contributed by atoms with E-state index in [1.54, 1.807) is 0 Å². The molecule has 0 radical (unpaired) electrons. The molecule has 214 valence electrons. The van der Waals surface area contributed by atoms with Gasteiger partial charge in [-0.25, -0.2) is 9.59 Å². The van der Waals surface area contributed by atoms with Crippen molar-refractivity contribution in [2.75, 3.05) is 26.2 Å². The lowest BCUT2D eigenvalue weighted by Gasteiger charge is -2.46. The van der Waals surface area contributed by atoms with Crippen molar-refractivity contribution < 1.29 is 58.9 Å². The Bertz CT molecular complexity index is 761. The van der Waals surface area contributed by atoms with E-state index in [-0.39, 0.29) is 19.6 Å². The molecule has 0 bridgehead atoms. The van der Waals surface area contributed by atoms with Crippen molar-refractivity contribution in [3.05, 3.63) is 0 Å². The molecule has 3 amide bonds. The topological polar surface area (TPSA) is 251 Å². The summed E-state index contributed by atoms with van der Waals surface area (Å²) in [5.41, 5.74) is 5.36. The van der Waals surface area contributed by atoms with Crippen LogP contribution < -0.4 is 21.7 Å². The summed E-state index contributed by atoms with van der Waals surface area (Å²) in [6.07, 6.45) is -12.9. The summed E-state index contributed by atoms with van der Waals surface area (Å²) in [4.78, 5) is 34.8. The van der Waals surface area contributed by atoms with E-state index < -0.39 is 79.3 Å². The number of aliphatic hydroxyl groups is 4. The standard InChI is InChI=1S/C21H38N4O12/c1-9-12(27)13(28)11(25-10(2)26)19(35-9)37-17-15(30)14(29)16(18(31)32)36-20(17)34-8-4-7-24-21(33)23-6-3-5-22/h9,11-17,19-20,27-30H,3-8,22H2,1-2H3,(H,25,26)(H,31,32)(H2,23,24,33)/t9?,11-,12+,13?,14-,15?,16?,17-,19-,20+/m0/s1. The van der Waals surface area contributed by atoms with Crippen molar-refractivity contribution in [3.63, 3.8) is 0 Å². The lowest BCUT2D eigenvalue weighted by atomic mass is 9.96. The van der Waals surface area contributed by atoms with Gasteiger partial charge >= 0.3 is 12.0 Å². The van der Waals surface area contributed by atoms with E-state index in [4.69, 9.17) is 24.7 Å². The Balaban J connectivity index is 2.07. The number of urea groups is 1. The molecular weight excluding hydrogens is 500 g/mol. The lowest BCUT2D eigenvalue weighted by Crippen LogP contribution is -2.67.